The second-order valence-electron chi connectivity index (χ2n) is 5.00. The molecule has 0 unspecified atom stereocenters. The Morgan fingerprint density at radius 2 is 2.20 bits per heavy atom. The summed E-state index contributed by atoms with van der Waals surface area (Å²) in [4.78, 5) is 31.0. The van der Waals surface area contributed by atoms with Crippen LogP contribution >= 0.6 is 34.7 Å². The number of aromatic nitrogens is 2. The molecule has 0 aliphatic rings. The molecule has 10 heteroatoms. The average molecular weight is 395 g/mol. The average Bonchev–Trinajstić information content (AvgIpc) is 2.98. The number of pyridine rings is 1. The van der Waals surface area contributed by atoms with E-state index in [4.69, 9.17) is 11.6 Å². The number of hydrogen-bond acceptors (Lipinski definition) is 7. The molecule has 0 radical (unpaired) electrons. The number of anilines is 1. The van der Waals surface area contributed by atoms with Crippen molar-refractivity contribution in [1.82, 2.24) is 9.97 Å². The molecule has 0 saturated carbocycles. The van der Waals surface area contributed by atoms with E-state index in [1.807, 2.05) is 0 Å². The Labute approximate surface area is 155 Å². The van der Waals surface area contributed by atoms with Crippen LogP contribution in [0.25, 0.3) is 10.2 Å². The summed E-state index contributed by atoms with van der Waals surface area (Å²) < 4.78 is 1.38. The van der Waals surface area contributed by atoms with Crippen molar-refractivity contribution in [3.05, 3.63) is 51.7 Å². The summed E-state index contributed by atoms with van der Waals surface area (Å²) in [5.41, 5.74) is 0.692. The fraction of sp³-hybridized carbons (Fsp3) is 0.133. The van der Waals surface area contributed by atoms with E-state index in [-0.39, 0.29) is 11.6 Å². The van der Waals surface area contributed by atoms with Gasteiger partial charge in [-0.3, -0.25) is 14.9 Å². The van der Waals surface area contributed by atoms with Crippen molar-refractivity contribution in [2.45, 2.75) is 16.5 Å². The maximum atomic E-state index is 12.2. The molecule has 1 aromatic carbocycles. The zero-order valence-corrected chi connectivity index (χ0v) is 15.2. The summed E-state index contributed by atoms with van der Waals surface area (Å²) in [5, 5.41) is 13.6. The first-order valence-corrected chi connectivity index (χ1v) is 9.14. The number of fused-ring (bicyclic) bond motifs is 1. The van der Waals surface area contributed by atoms with Gasteiger partial charge in [-0.2, -0.15) is 0 Å². The number of halogens is 1. The van der Waals surface area contributed by atoms with Crippen LogP contribution in [0.15, 0.2) is 40.9 Å². The van der Waals surface area contributed by atoms with Crippen LogP contribution in [0.2, 0.25) is 5.02 Å². The van der Waals surface area contributed by atoms with Crippen LogP contribution in [0.5, 0.6) is 0 Å². The van der Waals surface area contributed by atoms with Gasteiger partial charge in [0, 0.05) is 18.3 Å². The predicted molar refractivity (Wildman–Crippen MR) is 99.5 cm³/mol. The monoisotopic (exact) mass is 394 g/mol. The van der Waals surface area contributed by atoms with Crippen LogP contribution in [-0.2, 0) is 4.79 Å². The lowest BCUT2D eigenvalue weighted by Crippen LogP contribution is -2.22. The number of benzene rings is 1. The second kappa shape index (κ2) is 7.34. The Morgan fingerprint density at radius 3 is 2.88 bits per heavy atom. The molecule has 128 valence electrons. The molecule has 2 heterocycles. The summed E-state index contributed by atoms with van der Waals surface area (Å²) in [5.74, 6) is 0.201. The number of hydrogen-bond donors (Lipinski definition) is 1. The van der Waals surface area contributed by atoms with Crippen LogP contribution in [0.1, 0.15) is 6.92 Å². The summed E-state index contributed by atoms with van der Waals surface area (Å²) in [6, 6.07) is 7.77. The largest absolute Gasteiger partial charge is 0.310 e. The van der Waals surface area contributed by atoms with E-state index in [1.54, 1.807) is 25.1 Å². The van der Waals surface area contributed by atoms with Crippen LogP contribution in [0.3, 0.4) is 0 Å². The fourth-order valence-electron chi connectivity index (χ4n) is 1.94. The molecule has 1 amide bonds. The Hall–Kier alpha value is -2.23. The lowest BCUT2D eigenvalue weighted by Gasteiger charge is -2.09. The van der Waals surface area contributed by atoms with Crippen LogP contribution in [0, 0.1) is 10.1 Å². The van der Waals surface area contributed by atoms with Gasteiger partial charge in [-0.15, -0.1) is 11.3 Å². The molecule has 0 aliphatic carbocycles. The topological polar surface area (TPSA) is 98.0 Å². The van der Waals surface area contributed by atoms with Crippen molar-refractivity contribution in [2.75, 3.05) is 5.32 Å². The highest BCUT2D eigenvalue weighted by Crippen LogP contribution is 2.34. The van der Waals surface area contributed by atoms with Crippen molar-refractivity contribution < 1.29 is 9.72 Å². The quantitative estimate of drug-likeness (QED) is 0.392. The molecule has 3 aromatic rings. The summed E-state index contributed by atoms with van der Waals surface area (Å²) in [6.45, 7) is 1.75. The molecular weight excluding hydrogens is 384 g/mol. The van der Waals surface area contributed by atoms with Crippen LogP contribution < -0.4 is 5.32 Å². The lowest BCUT2D eigenvalue weighted by atomic mass is 10.3. The van der Waals surface area contributed by atoms with Gasteiger partial charge < -0.3 is 5.32 Å². The number of thiazole rings is 1. The van der Waals surface area contributed by atoms with Gasteiger partial charge in [0.2, 0.25) is 5.91 Å². The first-order chi connectivity index (χ1) is 11.9. The molecular formula is C15H11ClN4O3S2. The third-order valence-electron chi connectivity index (χ3n) is 3.19. The van der Waals surface area contributed by atoms with Gasteiger partial charge in [0.25, 0.3) is 5.69 Å². The van der Waals surface area contributed by atoms with E-state index >= 15 is 0 Å². The molecule has 0 saturated heterocycles. The maximum Gasteiger partial charge on any atom is 0.270 e. The van der Waals surface area contributed by atoms with Gasteiger partial charge in [-0.1, -0.05) is 23.4 Å². The normalized spacial score (nSPS) is 12.1. The minimum atomic E-state index is -0.443. The van der Waals surface area contributed by atoms with Crippen molar-refractivity contribution >= 4 is 62.3 Å². The van der Waals surface area contributed by atoms with Gasteiger partial charge in [0.05, 0.1) is 25.4 Å². The molecule has 0 bridgehead atoms. The SMILES string of the molecule is C[C@@H](Sc1nc2ccc([N+](=O)[O-])cc2s1)C(=O)Nc1ccc(Cl)cn1. The van der Waals surface area contributed by atoms with Crippen molar-refractivity contribution in [3.63, 3.8) is 0 Å². The van der Waals surface area contributed by atoms with Gasteiger partial charge in [-0.25, -0.2) is 9.97 Å². The molecule has 25 heavy (non-hydrogen) atoms. The minimum Gasteiger partial charge on any atom is -0.310 e. The van der Waals surface area contributed by atoms with Crippen molar-refractivity contribution in [2.24, 2.45) is 0 Å². The minimum absolute atomic E-state index is 0.0207. The van der Waals surface area contributed by atoms with E-state index in [0.29, 0.717) is 25.4 Å². The molecule has 2 aromatic heterocycles. The Bertz CT molecular complexity index is 946. The van der Waals surface area contributed by atoms with Crippen molar-refractivity contribution in [3.8, 4) is 0 Å². The number of thioether (sulfide) groups is 1. The lowest BCUT2D eigenvalue weighted by molar-refractivity contribution is -0.384. The van der Waals surface area contributed by atoms with Crippen molar-refractivity contribution in [1.29, 1.82) is 0 Å². The zero-order chi connectivity index (χ0) is 18.0. The number of nitro groups is 1. The summed E-state index contributed by atoms with van der Waals surface area (Å²) in [7, 11) is 0. The number of nitrogens with one attached hydrogen (secondary N) is 1. The first kappa shape index (κ1) is 17.6. The molecule has 0 spiro atoms. The summed E-state index contributed by atoms with van der Waals surface area (Å²) >= 11 is 8.36. The third kappa shape index (κ3) is 4.25. The fourth-order valence-corrected chi connectivity index (χ4v) is 4.29. The molecule has 0 fully saturated rings. The Morgan fingerprint density at radius 1 is 1.40 bits per heavy atom. The number of nitro benzene ring substituents is 1. The number of carbonyl (C=O) groups is 1. The number of amides is 1. The maximum absolute atomic E-state index is 12.2. The van der Waals surface area contributed by atoms with E-state index in [0.717, 1.165) is 0 Å². The van der Waals surface area contributed by atoms with Gasteiger partial charge in [0.15, 0.2) is 4.34 Å². The second-order valence-corrected chi connectivity index (χ2v) is 8.05. The third-order valence-corrected chi connectivity index (χ3v) is 5.62. The standard InChI is InChI=1S/C15H11ClN4O3S2/c1-8(14(21)19-13-5-2-9(16)7-17-13)24-15-18-11-4-3-10(20(22)23)6-12(11)25-15/h2-8H,1H3,(H,17,19,21)/t8-/m1/s1. The van der Waals surface area contributed by atoms with Crippen LogP contribution in [-0.4, -0.2) is 26.0 Å². The highest BCUT2D eigenvalue weighted by Gasteiger charge is 2.18. The Kier molecular flexibility index (Phi) is 5.16. The number of rotatable bonds is 5. The first-order valence-electron chi connectivity index (χ1n) is 7.06. The highest BCUT2D eigenvalue weighted by molar-refractivity contribution is 8.02. The van der Waals surface area contributed by atoms with Crippen LogP contribution in [0.4, 0.5) is 11.5 Å². The molecule has 7 nitrogen and oxygen atoms in total. The molecule has 3 rings (SSSR count). The van der Waals surface area contributed by atoms with E-state index < -0.39 is 10.2 Å². The van der Waals surface area contributed by atoms with Gasteiger partial charge in [0.1, 0.15) is 5.82 Å². The number of nitrogens with zero attached hydrogens (tertiary/aromatic N) is 3. The summed E-state index contributed by atoms with van der Waals surface area (Å²) in [6.07, 6.45) is 1.45. The molecule has 1 N–H and O–H groups in total. The zero-order valence-electron chi connectivity index (χ0n) is 12.8. The molecule has 0 aliphatic heterocycles. The Balaban J connectivity index is 1.70. The van der Waals surface area contributed by atoms with E-state index in [1.165, 1.54) is 41.4 Å². The predicted octanol–water partition coefficient (Wildman–Crippen LogP) is 4.37. The van der Waals surface area contributed by atoms with E-state index in [9.17, 15) is 14.9 Å². The molecule has 1 atom stereocenters. The number of non-ortho nitro benzene ring substituents is 1. The van der Waals surface area contributed by atoms with Gasteiger partial charge in [-0.05, 0) is 25.1 Å². The van der Waals surface area contributed by atoms with Gasteiger partial charge >= 0.3 is 0 Å². The van der Waals surface area contributed by atoms with E-state index in [2.05, 4.69) is 15.3 Å². The highest BCUT2D eigenvalue weighted by atomic mass is 35.5. The smallest absolute Gasteiger partial charge is 0.270 e. The number of carbonyl (C=O) groups excluding carboxylic acids is 1.